The summed E-state index contributed by atoms with van der Waals surface area (Å²) in [4.78, 5) is 53.5. The molecule has 15 heteroatoms. The van der Waals surface area contributed by atoms with Gasteiger partial charge in [0.2, 0.25) is 17.7 Å². The number of nitrogens with two attached hydrogens (primary N) is 5. The van der Waals surface area contributed by atoms with Gasteiger partial charge < -0.3 is 49.7 Å². The van der Waals surface area contributed by atoms with Crippen molar-refractivity contribution in [2.24, 2.45) is 33.7 Å². The SMILES string of the molecule is NCCCCC(NC(=O)C(CS)NC(=O)C(CCCCN)NC(=O)C(N)CCCN=C(N)N)C(=O)O. The molecule has 0 aliphatic heterocycles. The molecule has 0 saturated heterocycles. The average molecular weight is 534 g/mol. The second-order valence-corrected chi connectivity index (χ2v) is 8.69. The molecule has 0 saturated carbocycles. The van der Waals surface area contributed by atoms with E-state index in [9.17, 15) is 24.3 Å². The zero-order valence-corrected chi connectivity index (χ0v) is 21.6. The molecule has 0 radical (unpaired) electrons. The molecule has 0 heterocycles. The number of hydrogen-bond acceptors (Lipinski definition) is 9. The number of aliphatic imine (C=N–C) groups is 1. The fourth-order valence-corrected chi connectivity index (χ4v) is 3.44. The monoisotopic (exact) mass is 533 g/mol. The van der Waals surface area contributed by atoms with Crippen LogP contribution in [-0.4, -0.2) is 84.3 Å². The van der Waals surface area contributed by atoms with Gasteiger partial charge in [-0.25, -0.2) is 4.79 Å². The van der Waals surface area contributed by atoms with Crippen molar-refractivity contribution >= 4 is 42.3 Å². The lowest BCUT2D eigenvalue weighted by Gasteiger charge is -2.24. The summed E-state index contributed by atoms with van der Waals surface area (Å²) in [6.07, 6.45) is 3.55. The fourth-order valence-electron chi connectivity index (χ4n) is 3.18. The Morgan fingerprint density at radius 2 is 1.25 bits per heavy atom. The van der Waals surface area contributed by atoms with Crippen molar-refractivity contribution in [3.8, 4) is 0 Å². The van der Waals surface area contributed by atoms with Gasteiger partial charge in [-0.1, -0.05) is 0 Å². The fraction of sp³-hybridized carbons (Fsp3) is 0.762. The number of nitrogens with one attached hydrogen (secondary N) is 3. The maximum absolute atomic E-state index is 12.9. The number of rotatable bonds is 20. The summed E-state index contributed by atoms with van der Waals surface area (Å²) in [5.74, 6) is -3.17. The van der Waals surface area contributed by atoms with E-state index in [1.807, 2.05) is 0 Å². The van der Waals surface area contributed by atoms with Gasteiger partial charge in [-0.3, -0.25) is 19.4 Å². The lowest BCUT2D eigenvalue weighted by Crippen LogP contribution is -2.57. The van der Waals surface area contributed by atoms with Gasteiger partial charge in [0.25, 0.3) is 0 Å². The smallest absolute Gasteiger partial charge is 0.326 e. The number of guanidine groups is 1. The lowest BCUT2D eigenvalue weighted by atomic mass is 10.1. The summed E-state index contributed by atoms with van der Waals surface area (Å²) in [5.41, 5.74) is 27.4. The van der Waals surface area contributed by atoms with Crippen molar-refractivity contribution in [3.63, 3.8) is 0 Å². The van der Waals surface area contributed by atoms with Crippen molar-refractivity contribution in [2.45, 2.75) is 75.5 Å². The predicted molar refractivity (Wildman–Crippen MR) is 141 cm³/mol. The Labute approximate surface area is 217 Å². The number of carbonyl (C=O) groups excluding carboxylic acids is 3. The highest BCUT2D eigenvalue weighted by Gasteiger charge is 2.29. The summed E-state index contributed by atoms with van der Waals surface area (Å²) in [6.45, 7) is 1.13. The van der Waals surface area contributed by atoms with Crippen LogP contribution >= 0.6 is 12.6 Å². The summed E-state index contributed by atoms with van der Waals surface area (Å²) >= 11 is 4.12. The van der Waals surface area contributed by atoms with E-state index in [0.29, 0.717) is 58.2 Å². The number of hydrogen-bond donors (Lipinski definition) is 10. The van der Waals surface area contributed by atoms with E-state index >= 15 is 0 Å². The normalized spacial score (nSPS) is 14.1. The third kappa shape index (κ3) is 14.7. The van der Waals surface area contributed by atoms with Crippen molar-refractivity contribution in [1.82, 2.24) is 16.0 Å². The molecule has 14 nitrogen and oxygen atoms in total. The van der Waals surface area contributed by atoms with Crippen LogP contribution < -0.4 is 44.6 Å². The van der Waals surface area contributed by atoms with Gasteiger partial charge in [0.15, 0.2) is 5.96 Å². The molecule has 4 unspecified atom stereocenters. The Morgan fingerprint density at radius 3 is 1.75 bits per heavy atom. The molecular weight excluding hydrogens is 490 g/mol. The Bertz CT molecular complexity index is 722. The van der Waals surface area contributed by atoms with E-state index in [-0.39, 0.29) is 24.6 Å². The molecule has 3 amide bonds. The Balaban J connectivity index is 5.15. The van der Waals surface area contributed by atoms with Crippen LogP contribution in [-0.2, 0) is 19.2 Å². The van der Waals surface area contributed by atoms with E-state index in [2.05, 4.69) is 33.6 Å². The quantitative estimate of drug-likeness (QED) is 0.0330. The second-order valence-electron chi connectivity index (χ2n) is 8.33. The van der Waals surface area contributed by atoms with Gasteiger partial charge in [0.1, 0.15) is 18.1 Å². The first-order valence-electron chi connectivity index (χ1n) is 12.0. The maximum atomic E-state index is 12.9. The number of unbranched alkanes of at least 4 members (excludes halogenated alkanes) is 2. The molecule has 0 aromatic carbocycles. The van der Waals surface area contributed by atoms with Crippen molar-refractivity contribution in [3.05, 3.63) is 0 Å². The third-order valence-corrected chi connectivity index (χ3v) is 5.63. The zero-order chi connectivity index (χ0) is 27.5. The minimum absolute atomic E-state index is 0.0577. The van der Waals surface area contributed by atoms with Crippen LogP contribution in [0.4, 0.5) is 0 Å². The van der Waals surface area contributed by atoms with E-state index in [1.54, 1.807) is 0 Å². The number of carboxylic acid groups (broad SMARTS) is 1. The van der Waals surface area contributed by atoms with Crippen molar-refractivity contribution in [1.29, 1.82) is 0 Å². The van der Waals surface area contributed by atoms with Gasteiger partial charge >= 0.3 is 5.97 Å². The summed E-state index contributed by atoms with van der Waals surface area (Å²) in [5, 5.41) is 17.0. The van der Waals surface area contributed by atoms with Gasteiger partial charge in [-0.15, -0.1) is 0 Å². The van der Waals surface area contributed by atoms with Crippen LogP contribution in [0.1, 0.15) is 51.4 Å². The molecule has 0 aliphatic rings. The maximum Gasteiger partial charge on any atom is 0.326 e. The Hall–Kier alpha value is -2.62. The lowest BCUT2D eigenvalue weighted by molar-refractivity contribution is -0.142. The van der Waals surface area contributed by atoms with Crippen LogP contribution in [0.3, 0.4) is 0 Å². The highest BCUT2D eigenvalue weighted by Crippen LogP contribution is 2.06. The van der Waals surface area contributed by atoms with Gasteiger partial charge in [-0.05, 0) is 64.5 Å². The first kappa shape index (κ1) is 33.4. The average Bonchev–Trinajstić information content (AvgIpc) is 2.83. The largest absolute Gasteiger partial charge is 0.480 e. The molecule has 0 bridgehead atoms. The van der Waals surface area contributed by atoms with E-state index in [1.165, 1.54) is 0 Å². The molecule has 0 aliphatic carbocycles. The minimum atomic E-state index is -1.19. The second kappa shape index (κ2) is 19.6. The van der Waals surface area contributed by atoms with E-state index < -0.39 is 47.9 Å². The van der Waals surface area contributed by atoms with Crippen LogP contribution in [0.2, 0.25) is 0 Å². The van der Waals surface area contributed by atoms with Gasteiger partial charge in [0, 0.05) is 12.3 Å². The first-order chi connectivity index (χ1) is 17.1. The molecule has 14 N–H and O–H groups in total. The number of carboxylic acids is 1. The molecule has 0 aromatic heterocycles. The summed E-state index contributed by atoms with van der Waals surface area (Å²) in [7, 11) is 0. The van der Waals surface area contributed by atoms with Crippen LogP contribution in [0, 0.1) is 0 Å². The first-order valence-corrected chi connectivity index (χ1v) is 12.7. The number of thiol groups is 1. The van der Waals surface area contributed by atoms with Crippen molar-refractivity contribution in [2.75, 3.05) is 25.4 Å². The zero-order valence-electron chi connectivity index (χ0n) is 20.7. The standard InChI is InChI=1S/C21H43N9O5S/c22-9-3-1-7-14(28-17(31)13(24)6-5-11-27-21(25)26)18(32)30-16(12-36)19(33)29-15(20(34)35)8-2-4-10-23/h13-16,36H,1-12,22-24H2,(H,28,31)(H,29,33)(H,30,32)(H,34,35)(H4,25,26,27). The molecule has 0 aromatic rings. The number of aliphatic carboxylic acids is 1. The summed E-state index contributed by atoms with van der Waals surface area (Å²) in [6, 6.07) is -4.10. The molecule has 4 atom stereocenters. The number of carbonyl (C=O) groups is 4. The van der Waals surface area contributed by atoms with E-state index in [4.69, 9.17) is 28.7 Å². The van der Waals surface area contributed by atoms with Crippen LogP contribution in [0.5, 0.6) is 0 Å². The van der Waals surface area contributed by atoms with Crippen LogP contribution in [0.25, 0.3) is 0 Å². The highest BCUT2D eigenvalue weighted by atomic mass is 32.1. The van der Waals surface area contributed by atoms with Crippen LogP contribution in [0.15, 0.2) is 4.99 Å². The Morgan fingerprint density at radius 1 is 0.750 bits per heavy atom. The van der Waals surface area contributed by atoms with Crippen molar-refractivity contribution < 1.29 is 24.3 Å². The number of amides is 3. The Kier molecular flexibility index (Phi) is 18.1. The predicted octanol–water partition coefficient (Wildman–Crippen LogP) is -2.91. The molecule has 208 valence electrons. The van der Waals surface area contributed by atoms with Gasteiger partial charge in [-0.2, -0.15) is 12.6 Å². The third-order valence-electron chi connectivity index (χ3n) is 5.26. The highest BCUT2D eigenvalue weighted by molar-refractivity contribution is 7.80. The molecule has 0 fully saturated rings. The van der Waals surface area contributed by atoms with Gasteiger partial charge in [0.05, 0.1) is 6.04 Å². The topological polar surface area (TPSA) is 267 Å². The minimum Gasteiger partial charge on any atom is -0.480 e. The summed E-state index contributed by atoms with van der Waals surface area (Å²) < 4.78 is 0. The molecule has 36 heavy (non-hydrogen) atoms. The number of nitrogens with zero attached hydrogens (tertiary/aromatic N) is 1. The van der Waals surface area contributed by atoms with E-state index in [0.717, 1.165) is 0 Å². The molecule has 0 spiro atoms. The molecule has 0 rings (SSSR count). The molecular formula is C21H43N9O5S.